The predicted octanol–water partition coefficient (Wildman–Crippen LogP) is 2.68. The Labute approximate surface area is 193 Å². The Morgan fingerprint density at radius 1 is 0.970 bits per heavy atom. The minimum absolute atomic E-state index is 0.0139. The van der Waals surface area contributed by atoms with Crippen LogP contribution in [0.25, 0.3) is 0 Å². The molecule has 1 N–H and O–H groups in total. The number of carbonyl (C=O) groups excluding carboxylic acids is 2. The number of sulfonamides is 1. The second kappa shape index (κ2) is 10.8. The van der Waals surface area contributed by atoms with Crippen molar-refractivity contribution in [1.82, 2.24) is 4.31 Å². The van der Waals surface area contributed by atoms with Crippen LogP contribution >= 0.6 is 0 Å². The summed E-state index contributed by atoms with van der Waals surface area (Å²) in [6.07, 6.45) is -1.04. The van der Waals surface area contributed by atoms with Gasteiger partial charge in [-0.15, -0.1) is 0 Å². The van der Waals surface area contributed by atoms with E-state index in [-0.39, 0.29) is 11.0 Å². The van der Waals surface area contributed by atoms with Crippen molar-refractivity contribution in [2.45, 2.75) is 37.9 Å². The highest BCUT2D eigenvalue weighted by molar-refractivity contribution is 7.89. The molecule has 10 heteroatoms. The summed E-state index contributed by atoms with van der Waals surface area (Å²) in [4.78, 5) is 24.9. The average Bonchev–Trinajstić information content (AvgIpc) is 2.80. The number of esters is 1. The fourth-order valence-electron chi connectivity index (χ4n) is 3.11. The Balaban J connectivity index is 1.56. The van der Waals surface area contributed by atoms with Gasteiger partial charge in [0.25, 0.3) is 5.91 Å². The summed E-state index contributed by atoms with van der Waals surface area (Å²) < 4.78 is 42.7. The monoisotopic (exact) mass is 476 g/mol. The van der Waals surface area contributed by atoms with Gasteiger partial charge in [-0.2, -0.15) is 4.31 Å². The van der Waals surface area contributed by atoms with Crippen LogP contribution in [0.2, 0.25) is 0 Å². The molecular formula is C23H28N2O7S. The Hall–Kier alpha value is -2.95. The van der Waals surface area contributed by atoms with Crippen molar-refractivity contribution in [3.05, 3.63) is 54.1 Å². The highest BCUT2D eigenvalue weighted by atomic mass is 32.2. The molecule has 0 radical (unpaired) electrons. The number of anilines is 1. The van der Waals surface area contributed by atoms with Gasteiger partial charge in [0.2, 0.25) is 10.0 Å². The third kappa shape index (κ3) is 6.53. The second-order valence-corrected chi connectivity index (χ2v) is 9.71. The van der Waals surface area contributed by atoms with Gasteiger partial charge in [0, 0.05) is 18.8 Å². The van der Waals surface area contributed by atoms with Gasteiger partial charge in [0.1, 0.15) is 5.75 Å². The lowest BCUT2D eigenvalue weighted by Crippen LogP contribution is -2.40. The third-order valence-corrected chi connectivity index (χ3v) is 6.76. The molecule has 3 rings (SSSR count). The fourth-order valence-corrected chi connectivity index (χ4v) is 4.52. The number of benzene rings is 2. The molecule has 0 aliphatic carbocycles. The van der Waals surface area contributed by atoms with E-state index in [0.717, 1.165) is 0 Å². The van der Waals surface area contributed by atoms with Crippen molar-refractivity contribution in [2.75, 3.05) is 31.6 Å². The normalized spacial score (nSPS) is 15.6. The fraction of sp³-hybridized carbons (Fsp3) is 0.391. The third-order valence-electron chi connectivity index (χ3n) is 4.84. The number of nitrogens with zero attached hydrogens (tertiary/aromatic N) is 1. The van der Waals surface area contributed by atoms with Gasteiger partial charge in [-0.1, -0.05) is 0 Å². The summed E-state index contributed by atoms with van der Waals surface area (Å²) in [6, 6.07) is 12.3. The van der Waals surface area contributed by atoms with Crippen LogP contribution in [0.5, 0.6) is 5.75 Å². The van der Waals surface area contributed by atoms with Crippen molar-refractivity contribution < 1.29 is 32.2 Å². The van der Waals surface area contributed by atoms with Crippen LogP contribution in [-0.4, -0.2) is 63.1 Å². The van der Waals surface area contributed by atoms with Crippen molar-refractivity contribution in [3.63, 3.8) is 0 Å². The van der Waals surface area contributed by atoms with Gasteiger partial charge in [-0.25, -0.2) is 13.2 Å². The molecule has 1 amide bonds. The summed E-state index contributed by atoms with van der Waals surface area (Å²) in [6.45, 7) is 6.59. The van der Waals surface area contributed by atoms with Crippen molar-refractivity contribution in [3.8, 4) is 5.75 Å². The van der Waals surface area contributed by atoms with E-state index in [1.807, 2.05) is 13.8 Å². The van der Waals surface area contributed by atoms with Crippen molar-refractivity contribution >= 4 is 27.6 Å². The Kier molecular flexibility index (Phi) is 8.06. The zero-order chi connectivity index (χ0) is 24.0. The van der Waals surface area contributed by atoms with Gasteiger partial charge < -0.3 is 19.5 Å². The molecule has 0 aromatic heterocycles. The second-order valence-electron chi connectivity index (χ2n) is 7.77. The molecule has 0 unspecified atom stereocenters. The molecule has 1 fully saturated rings. The molecule has 0 saturated carbocycles. The minimum atomic E-state index is -3.62. The van der Waals surface area contributed by atoms with E-state index in [1.165, 1.54) is 35.5 Å². The number of hydrogen-bond acceptors (Lipinski definition) is 7. The van der Waals surface area contributed by atoms with Crippen molar-refractivity contribution in [2.24, 2.45) is 0 Å². The molecule has 0 spiro atoms. The zero-order valence-electron chi connectivity index (χ0n) is 18.8. The predicted molar refractivity (Wildman–Crippen MR) is 122 cm³/mol. The highest BCUT2D eigenvalue weighted by Gasteiger charge is 2.26. The van der Waals surface area contributed by atoms with E-state index in [9.17, 15) is 18.0 Å². The Morgan fingerprint density at radius 2 is 1.58 bits per heavy atom. The van der Waals surface area contributed by atoms with Crippen LogP contribution < -0.4 is 10.1 Å². The lowest BCUT2D eigenvalue weighted by molar-refractivity contribution is -0.123. The molecule has 1 atom stereocenters. The number of carbonyl (C=O) groups is 2. The molecule has 2 aromatic carbocycles. The highest BCUT2D eigenvalue weighted by Crippen LogP contribution is 2.20. The quantitative estimate of drug-likeness (QED) is 0.583. The van der Waals surface area contributed by atoms with Crippen LogP contribution in [0.3, 0.4) is 0 Å². The molecule has 2 aromatic rings. The van der Waals surface area contributed by atoms with Gasteiger partial charge in [0.15, 0.2) is 6.10 Å². The van der Waals surface area contributed by atoms with E-state index in [0.29, 0.717) is 43.3 Å². The van der Waals surface area contributed by atoms with Crippen LogP contribution in [0.4, 0.5) is 5.69 Å². The Bertz CT molecular complexity index is 1060. The van der Waals surface area contributed by atoms with Crippen LogP contribution in [0.1, 0.15) is 31.1 Å². The molecule has 33 heavy (non-hydrogen) atoms. The first-order chi connectivity index (χ1) is 15.7. The molecule has 1 aliphatic heterocycles. The minimum Gasteiger partial charge on any atom is -0.491 e. The number of rotatable bonds is 8. The van der Waals surface area contributed by atoms with Gasteiger partial charge >= 0.3 is 5.97 Å². The van der Waals surface area contributed by atoms with E-state index >= 15 is 0 Å². The summed E-state index contributed by atoms with van der Waals surface area (Å²) >= 11 is 0. The zero-order valence-corrected chi connectivity index (χ0v) is 19.6. The molecule has 0 bridgehead atoms. The Morgan fingerprint density at radius 3 is 2.15 bits per heavy atom. The molecule has 178 valence electrons. The van der Waals surface area contributed by atoms with E-state index in [4.69, 9.17) is 14.2 Å². The molecular weight excluding hydrogens is 448 g/mol. The van der Waals surface area contributed by atoms with Crippen LogP contribution in [-0.2, 0) is 24.3 Å². The molecule has 1 saturated heterocycles. The smallest absolute Gasteiger partial charge is 0.338 e. The molecule has 1 aliphatic rings. The van der Waals surface area contributed by atoms with E-state index < -0.39 is 28.0 Å². The summed E-state index contributed by atoms with van der Waals surface area (Å²) in [5, 5.41) is 2.62. The number of hydrogen-bond donors (Lipinski definition) is 1. The number of morpholine rings is 1. The number of amides is 1. The average molecular weight is 477 g/mol. The topological polar surface area (TPSA) is 111 Å². The standard InChI is InChI=1S/C23H28N2O7S/c1-16(2)31-20-8-4-18(5-9-20)23(27)32-17(3)22(26)24-19-6-10-21(11-7-19)33(28,29)25-12-14-30-15-13-25/h4-11,16-17H,12-15H2,1-3H3,(H,24,26)/t17-/m0/s1. The van der Waals surface area contributed by atoms with Crippen molar-refractivity contribution in [1.29, 1.82) is 0 Å². The maximum Gasteiger partial charge on any atom is 0.338 e. The summed E-state index contributed by atoms with van der Waals surface area (Å²) in [5.74, 6) is -0.543. The lowest BCUT2D eigenvalue weighted by atomic mass is 10.2. The number of nitrogens with one attached hydrogen (secondary N) is 1. The van der Waals surface area contributed by atoms with Gasteiger partial charge in [0.05, 0.1) is 29.8 Å². The first-order valence-corrected chi connectivity index (χ1v) is 12.1. The first kappa shape index (κ1) is 24.7. The first-order valence-electron chi connectivity index (χ1n) is 10.6. The van der Waals surface area contributed by atoms with E-state index in [2.05, 4.69) is 5.32 Å². The van der Waals surface area contributed by atoms with Gasteiger partial charge in [-0.3, -0.25) is 4.79 Å². The van der Waals surface area contributed by atoms with Gasteiger partial charge in [-0.05, 0) is 69.3 Å². The largest absolute Gasteiger partial charge is 0.491 e. The van der Waals surface area contributed by atoms with Crippen LogP contribution in [0.15, 0.2) is 53.4 Å². The SMILES string of the molecule is CC(C)Oc1ccc(C(=O)O[C@@H](C)C(=O)Nc2ccc(S(=O)(=O)N3CCOCC3)cc2)cc1. The van der Waals surface area contributed by atoms with E-state index in [1.54, 1.807) is 24.3 Å². The summed E-state index contributed by atoms with van der Waals surface area (Å²) in [5.41, 5.74) is 0.683. The number of ether oxygens (including phenoxy) is 3. The van der Waals surface area contributed by atoms with Crippen LogP contribution in [0, 0.1) is 0 Å². The lowest BCUT2D eigenvalue weighted by Gasteiger charge is -2.26. The molecule has 1 heterocycles. The molecule has 9 nitrogen and oxygen atoms in total. The maximum atomic E-state index is 12.7. The summed E-state index contributed by atoms with van der Waals surface area (Å²) in [7, 11) is -3.62. The maximum absolute atomic E-state index is 12.7.